The summed E-state index contributed by atoms with van der Waals surface area (Å²) in [6.07, 6.45) is 1.42. The maximum absolute atomic E-state index is 12.6. The molecule has 11 heteroatoms. The average molecular weight is 488 g/mol. The Kier molecular flexibility index (Phi) is 6.22. The maximum atomic E-state index is 12.6. The third-order valence-electron chi connectivity index (χ3n) is 4.46. The molecule has 4 rings (SSSR count). The van der Waals surface area contributed by atoms with Crippen molar-refractivity contribution in [2.75, 3.05) is 16.7 Å². The highest BCUT2D eigenvalue weighted by atomic mass is 35.5. The number of fused-ring (bicyclic) bond motifs is 1. The minimum absolute atomic E-state index is 0.0279. The smallest absolute Gasteiger partial charge is 0.337 e. The summed E-state index contributed by atoms with van der Waals surface area (Å²) in [6.45, 7) is 0. The van der Waals surface area contributed by atoms with Crippen molar-refractivity contribution < 1.29 is 14.6 Å². The first kappa shape index (κ1) is 21.9. The molecule has 2 aromatic heterocycles. The SMILES string of the molecule is COc1cc(-c2ccc3ncc(NC(=O)N(S)c4ccc(Cl)c(Cl)c4)nc3n2)ccc1O. The number of anilines is 2. The zero-order valence-corrected chi connectivity index (χ0v) is 18.9. The molecule has 32 heavy (non-hydrogen) atoms. The minimum atomic E-state index is -0.570. The zero-order chi connectivity index (χ0) is 22.8. The van der Waals surface area contributed by atoms with Gasteiger partial charge in [0.15, 0.2) is 23.0 Å². The number of rotatable bonds is 4. The lowest BCUT2D eigenvalue weighted by Crippen LogP contribution is -2.27. The maximum Gasteiger partial charge on any atom is 0.337 e. The van der Waals surface area contributed by atoms with Crippen LogP contribution in [0.4, 0.5) is 16.3 Å². The Bertz CT molecular complexity index is 1340. The van der Waals surface area contributed by atoms with E-state index in [2.05, 4.69) is 33.1 Å². The van der Waals surface area contributed by atoms with E-state index in [1.807, 2.05) is 0 Å². The van der Waals surface area contributed by atoms with Gasteiger partial charge >= 0.3 is 6.03 Å². The quantitative estimate of drug-likeness (QED) is 0.324. The van der Waals surface area contributed by atoms with Crippen molar-refractivity contribution in [3.63, 3.8) is 0 Å². The number of urea groups is 1. The van der Waals surface area contributed by atoms with Gasteiger partial charge in [0.25, 0.3) is 0 Å². The third kappa shape index (κ3) is 4.50. The fourth-order valence-corrected chi connectivity index (χ4v) is 3.32. The molecule has 2 heterocycles. The molecule has 0 saturated carbocycles. The van der Waals surface area contributed by atoms with Crippen molar-refractivity contribution in [2.45, 2.75) is 0 Å². The van der Waals surface area contributed by atoms with Crippen LogP contribution in [0.2, 0.25) is 10.0 Å². The highest BCUT2D eigenvalue weighted by molar-refractivity contribution is 7.82. The van der Waals surface area contributed by atoms with Crippen LogP contribution in [0.15, 0.2) is 54.7 Å². The van der Waals surface area contributed by atoms with E-state index in [-0.39, 0.29) is 11.6 Å². The first-order chi connectivity index (χ1) is 15.4. The summed E-state index contributed by atoms with van der Waals surface area (Å²) in [5.41, 5.74) is 2.62. The molecule has 0 unspecified atom stereocenters. The number of phenols is 1. The highest BCUT2D eigenvalue weighted by Crippen LogP contribution is 2.31. The summed E-state index contributed by atoms with van der Waals surface area (Å²) in [7, 11) is 1.47. The molecule has 2 aromatic carbocycles. The van der Waals surface area contributed by atoms with Crippen LogP contribution in [-0.4, -0.2) is 33.2 Å². The van der Waals surface area contributed by atoms with Gasteiger partial charge in [-0.05, 0) is 48.5 Å². The molecule has 0 aliphatic heterocycles. The number of nitrogens with zero attached hydrogens (tertiary/aromatic N) is 4. The molecule has 162 valence electrons. The van der Waals surface area contributed by atoms with E-state index in [4.69, 9.17) is 27.9 Å². The predicted octanol–water partition coefficient (Wildman–Crippen LogP) is 5.60. The van der Waals surface area contributed by atoms with Crippen molar-refractivity contribution >= 4 is 64.7 Å². The Balaban J connectivity index is 1.60. The van der Waals surface area contributed by atoms with Crippen molar-refractivity contribution in [3.05, 3.63) is 64.8 Å². The van der Waals surface area contributed by atoms with Crippen LogP contribution in [0, 0.1) is 0 Å². The monoisotopic (exact) mass is 487 g/mol. The summed E-state index contributed by atoms with van der Waals surface area (Å²) in [6, 6.07) is 12.5. The molecule has 0 aliphatic carbocycles. The second kappa shape index (κ2) is 9.07. The number of benzene rings is 2. The topological polar surface area (TPSA) is 100 Å². The number of nitrogens with one attached hydrogen (secondary N) is 1. The molecule has 0 bridgehead atoms. The molecule has 0 radical (unpaired) electrons. The first-order valence-corrected chi connectivity index (χ1v) is 10.3. The van der Waals surface area contributed by atoms with Crippen LogP contribution in [0.25, 0.3) is 22.4 Å². The number of aromatic nitrogens is 3. The van der Waals surface area contributed by atoms with Crippen molar-refractivity contribution in [2.24, 2.45) is 0 Å². The molecule has 0 fully saturated rings. The summed E-state index contributed by atoms with van der Waals surface area (Å²) in [5.74, 6) is 0.544. The molecule has 0 spiro atoms. The van der Waals surface area contributed by atoms with Crippen LogP contribution in [0.3, 0.4) is 0 Å². The Morgan fingerprint density at radius 2 is 1.91 bits per heavy atom. The molecular weight excluding hydrogens is 473 g/mol. The summed E-state index contributed by atoms with van der Waals surface area (Å²) in [4.78, 5) is 25.8. The lowest BCUT2D eigenvalue weighted by molar-refractivity contribution is 0.260. The Labute approximate surface area is 198 Å². The number of pyridine rings is 1. The molecule has 0 atom stereocenters. The van der Waals surface area contributed by atoms with Gasteiger partial charge in [-0.15, -0.1) is 0 Å². The molecule has 2 amide bonds. The van der Waals surface area contributed by atoms with Gasteiger partial charge in [0, 0.05) is 5.56 Å². The van der Waals surface area contributed by atoms with E-state index in [1.165, 1.54) is 25.4 Å². The van der Waals surface area contributed by atoms with E-state index >= 15 is 0 Å². The summed E-state index contributed by atoms with van der Waals surface area (Å²) >= 11 is 16.1. The summed E-state index contributed by atoms with van der Waals surface area (Å²) in [5, 5.41) is 13.1. The number of carbonyl (C=O) groups excluding carboxylic acids is 1. The molecule has 0 saturated heterocycles. The second-order valence-electron chi connectivity index (χ2n) is 6.52. The number of amides is 2. The van der Waals surface area contributed by atoms with Crippen LogP contribution in [0.5, 0.6) is 11.5 Å². The van der Waals surface area contributed by atoms with Gasteiger partial charge in [-0.25, -0.2) is 24.1 Å². The van der Waals surface area contributed by atoms with Crippen molar-refractivity contribution in [3.8, 4) is 22.8 Å². The normalized spacial score (nSPS) is 10.8. The zero-order valence-electron chi connectivity index (χ0n) is 16.5. The number of hydrogen-bond acceptors (Lipinski definition) is 7. The van der Waals surface area contributed by atoms with Crippen LogP contribution in [-0.2, 0) is 0 Å². The second-order valence-corrected chi connectivity index (χ2v) is 7.74. The van der Waals surface area contributed by atoms with Crippen LogP contribution >= 0.6 is 36.0 Å². The van der Waals surface area contributed by atoms with E-state index in [0.29, 0.717) is 38.3 Å². The number of halogens is 2. The number of aromatic hydroxyl groups is 1. The Morgan fingerprint density at radius 1 is 1.09 bits per heavy atom. The molecule has 4 aromatic rings. The molecule has 2 N–H and O–H groups in total. The molecular formula is C21H15Cl2N5O3S. The van der Waals surface area contributed by atoms with Gasteiger partial charge in [-0.2, -0.15) is 0 Å². The first-order valence-electron chi connectivity index (χ1n) is 9.12. The largest absolute Gasteiger partial charge is 0.504 e. The van der Waals surface area contributed by atoms with Gasteiger partial charge in [0.1, 0.15) is 5.52 Å². The van der Waals surface area contributed by atoms with Crippen LogP contribution in [0.1, 0.15) is 0 Å². The lowest BCUT2D eigenvalue weighted by atomic mass is 10.1. The predicted molar refractivity (Wildman–Crippen MR) is 128 cm³/mol. The molecule has 8 nitrogen and oxygen atoms in total. The van der Waals surface area contributed by atoms with Crippen molar-refractivity contribution in [1.29, 1.82) is 0 Å². The number of thiol groups is 1. The number of phenolic OH excluding ortho intramolecular Hbond substituents is 1. The lowest BCUT2D eigenvalue weighted by Gasteiger charge is -2.16. The highest BCUT2D eigenvalue weighted by Gasteiger charge is 2.15. The van der Waals surface area contributed by atoms with E-state index in [0.717, 1.165) is 9.87 Å². The van der Waals surface area contributed by atoms with Gasteiger partial charge in [0.2, 0.25) is 0 Å². The summed E-state index contributed by atoms with van der Waals surface area (Å²) < 4.78 is 6.22. The number of carbonyl (C=O) groups is 1. The third-order valence-corrected chi connectivity index (χ3v) is 5.61. The van der Waals surface area contributed by atoms with Crippen LogP contribution < -0.4 is 14.4 Å². The number of methoxy groups -OCH3 is 1. The van der Waals surface area contributed by atoms with E-state index in [9.17, 15) is 9.90 Å². The van der Waals surface area contributed by atoms with Crippen molar-refractivity contribution in [1.82, 2.24) is 15.0 Å². The number of ether oxygens (including phenoxy) is 1. The van der Waals surface area contributed by atoms with Gasteiger partial charge in [0.05, 0.1) is 34.7 Å². The van der Waals surface area contributed by atoms with E-state index in [1.54, 1.807) is 36.4 Å². The van der Waals surface area contributed by atoms with Gasteiger partial charge in [-0.1, -0.05) is 36.0 Å². The minimum Gasteiger partial charge on any atom is -0.504 e. The number of hydrogen-bond donors (Lipinski definition) is 3. The average Bonchev–Trinajstić information content (AvgIpc) is 2.80. The molecule has 0 aliphatic rings. The fourth-order valence-electron chi connectivity index (χ4n) is 2.85. The standard InChI is InChI=1S/C21H15Cl2N5O3S/c1-31-18-8-11(2-7-17(18)29)15-5-6-16-20(25-15)26-19(10-24-16)27-21(30)28(32)12-3-4-13(22)14(23)9-12/h2-10,29,32H,1H3,(H,25,26,27,30). The van der Waals surface area contributed by atoms with E-state index < -0.39 is 6.03 Å². The Hall–Kier alpha value is -3.27. The van der Waals surface area contributed by atoms with Gasteiger partial charge < -0.3 is 9.84 Å². The fraction of sp³-hybridized carbons (Fsp3) is 0.0476. The Morgan fingerprint density at radius 3 is 2.66 bits per heavy atom. The van der Waals surface area contributed by atoms with Gasteiger partial charge in [-0.3, -0.25) is 5.32 Å².